The molecule has 0 aliphatic heterocycles. The van der Waals surface area contributed by atoms with Gasteiger partial charge in [-0.2, -0.15) is 0 Å². The van der Waals surface area contributed by atoms with Crippen LogP contribution in [0.3, 0.4) is 0 Å². The average molecular weight is 945 g/mol. The van der Waals surface area contributed by atoms with E-state index in [1.807, 2.05) is 84.6 Å². The first-order valence-electron chi connectivity index (χ1n) is 9.32. The molecule has 0 spiro atoms. The third-order valence-electron chi connectivity index (χ3n) is 2.19. The van der Waals surface area contributed by atoms with E-state index in [0.717, 1.165) is 0 Å². The van der Waals surface area contributed by atoms with Gasteiger partial charge in [0.1, 0.15) is 0 Å². The van der Waals surface area contributed by atoms with Crippen LogP contribution in [0.15, 0.2) is 0 Å². The fraction of sp³-hybridized carbons (Fsp3) is 0.667. The van der Waals surface area contributed by atoms with Crippen LogP contribution in [-0.2, 0) is 115 Å². The number of hydrogen-bond acceptors (Lipinski definition) is 13. The molecule has 0 atom stereocenters. The monoisotopic (exact) mass is 948 g/mol. The maximum atomic E-state index is 4.56. The maximum absolute atomic E-state index is 4.56. The summed E-state index contributed by atoms with van der Waals surface area (Å²) in [6, 6.07) is 0. The summed E-state index contributed by atoms with van der Waals surface area (Å²) in [5.74, 6) is 0. The van der Waals surface area contributed by atoms with Crippen molar-refractivity contribution in [1.29, 1.82) is 0 Å². The summed E-state index contributed by atoms with van der Waals surface area (Å²) in [6.07, 6.45) is 0. The summed E-state index contributed by atoms with van der Waals surface area (Å²) in [7, 11) is 26.0. The van der Waals surface area contributed by atoms with Crippen molar-refractivity contribution in [3.8, 4) is 0 Å². The van der Waals surface area contributed by atoms with Gasteiger partial charge in [-0.25, -0.2) is 0 Å². The molecule has 0 aliphatic rings. The summed E-state index contributed by atoms with van der Waals surface area (Å²) in [6.45, 7) is 0. The summed E-state index contributed by atoms with van der Waals surface area (Å²) in [5.41, 5.74) is 0. The Balaban J connectivity index is -0.0000000484. The Morgan fingerprint density at radius 2 is 0.359 bits per heavy atom. The van der Waals surface area contributed by atoms with Gasteiger partial charge in [-0.3, -0.25) is 0 Å². The normalized spacial score (nSPS) is 7.15. The van der Waals surface area contributed by atoms with Crippen molar-refractivity contribution in [2.45, 2.75) is 0 Å². The first-order valence-corrected chi connectivity index (χ1v) is 17.0. The number of thiocarbonyl (C=S) groups is 6. The fourth-order valence-corrected chi connectivity index (χ4v) is 0. The molecule has 0 bridgehead atoms. The molecule has 0 amide bonds. The molecule has 0 heterocycles. The SMILES string of the molecule is CN(C)C(=S)[S-].CN(C)C(=S)[S-].CN(C)C(=S)[S-].CN(C)C(=S)[S-].CN(C)C(=S)[S-].CN(C)C(=S)[S-].[Mo+4].[S]=[Mo+2]. The molecule has 0 fully saturated rings. The van der Waals surface area contributed by atoms with Gasteiger partial charge in [-0.15, -0.1) is 0 Å². The first-order chi connectivity index (χ1) is 16.9. The van der Waals surface area contributed by atoms with Crippen molar-refractivity contribution in [3.63, 3.8) is 0 Å². The molecule has 0 saturated heterocycles. The zero-order valence-electron chi connectivity index (χ0n) is 23.8. The van der Waals surface area contributed by atoms with Gasteiger partial charge in [0, 0.05) is 84.6 Å². The number of rotatable bonds is 0. The third-order valence-corrected chi connectivity index (χ3v) is 6.57. The van der Waals surface area contributed by atoms with Gasteiger partial charge in [0.2, 0.25) is 0 Å². The molecular formula is C18H36Mo2N6S13. The molecule has 0 aliphatic carbocycles. The van der Waals surface area contributed by atoms with E-state index in [2.05, 4.69) is 159 Å². The molecule has 0 unspecified atom stereocenters. The standard InChI is InChI=1S/6C3H7NS2.2Mo.S/c6*1-4(2)3(5)6;;;/h6*1-2H3,(H,5,6);;;/q;;;;;;+2;+4;/p-6. The quantitative estimate of drug-likeness (QED) is 0.202. The summed E-state index contributed by atoms with van der Waals surface area (Å²) < 4.78 is 3.06. The van der Waals surface area contributed by atoms with Crippen molar-refractivity contribution < 1.29 is 39.1 Å². The molecule has 0 N–H and O–H groups in total. The minimum absolute atomic E-state index is 0. The Kier molecular flexibility index (Phi) is 65.7. The zero-order valence-corrected chi connectivity index (χ0v) is 38.4. The van der Waals surface area contributed by atoms with E-state index >= 15 is 0 Å². The second kappa shape index (κ2) is 42.4. The average Bonchev–Trinajstić information content (AvgIpc) is 2.76. The minimum atomic E-state index is 0. The Bertz CT molecular complexity index is 526. The molecule has 0 rings (SSSR count). The summed E-state index contributed by atoms with van der Waals surface area (Å²) in [4.78, 5) is 10.3. The first kappa shape index (κ1) is 60.5. The molecule has 0 radical (unpaired) electrons. The Morgan fingerprint density at radius 3 is 0.359 bits per heavy atom. The van der Waals surface area contributed by atoms with Crippen LogP contribution in [0.1, 0.15) is 0 Å². The van der Waals surface area contributed by atoms with Gasteiger partial charge in [0.15, 0.2) is 0 Å². The fourth-order valence-electron chi connectivity index (χ4n) is 0. The molecule has 0 saturated carbocycles. The van der Waals surface area contributed by atoms with Gasteiger partial charge in [-0.05, 0) is 0 Å². The van der Waals surface area contributed by atoms with Crippen molar-refractivity contribution >= 4 is 185 Å². The molecule has 0 aromatic rings. The van der Waals surface area contributed by atoms with Gasteiger partial charge >= 0.3 is 48.9 Å². The van der Waals surface area contributed by atoms with Crippen molar-refractivity contribution in [2.24, 2.45) is 0 Å². The van der Waals surface area contributed by atoms with E-state index in [9.17, 15) is 0 Å². The third kappa shape index (κ3) is 85.5. The molecule has 228 valence electrons. The van der Waals surface area contributed by atoms with E-state index in [-0.39, 0.29) is 21.1 Å². The van der Waals surface area contributed by atoms with Crippen molar-refractivity contribution in [3.05, 3.63) is 0 Å². The van der Waals surface area contributed by atoms with Crippen LogP contribution in [0.5, 0.6) is 0 Å². The van der Waals surface area contributed by atoms with E-state index in [1.54, 1.807) is 29.4 Å². The Hall–Kier alpha value is 2.26. The molecule has 0 aromatic carbocycles. The van der Waals surface area contributed by atoms with E-state index in [4.69, 9.17) is 0 Å². The van der Waals surface area contributed by atoms with Crippen LogP contribution < -0.4 is 0 Å². The van der Waals surface area contributed by atoms with Crippen LogP contribution in [0.2, 0.25) is 0 Å². The zero-order chi connectivity index (χ0) is 32.9. The Morgan fingerprint density at radius 1 is 0.333 bits per heavy atom. The van der Waals surface area contributed by atoms with E-state index in [0.29, 0.717) is 25.9 Å². The van der Waals surface area contributed by atoms with E-state index < -0.39 is 0 Å². The molecule has 21 heteroatoms. The summed E-state index contributed by atoms with van der Waals surface area (Å²) >= 11 is 56.3. The molecular weight excluding hydrogens is 909 g/mol. The van der Waals surface area contributed by atoms with Crippen LogP contribution in [0.25, 0.3) is 0 Å². The van der Waals surface area contributed by atoms with Gasteiger partial charge in [0.25, 0.3) is 0 Å². The van der Waals surface area contributed by atoms with Gasteiger partial charge in [-0.1, -0.05) is 25.9 Å². The van der Waals surface area contributed by atoms with Crippen LogP contribution in [0.4, 0.5) is 0 Å². The second-order valence-electron chi connectivity index (χ2n) is 6.96. The molecule has 39 heavy (non-hydrogen) atoms. The predicted molar refractivity (Wildman–Crippen MR) is 209 cm³/mol. The van der Waals surface area contributed by atoms with Crippen LogP contribution in [-0.4, -0.2) is 140 Å². The second-order valence-corrected chi connectivity index (χ2v) is 13.2. The van der Waals surface area contributed by atoms with Crippen LogP contribution >= 0.6 is 83.1 Å². The topological polar surface area (TPSA) is 19.4 Å². The van der Waals surface area contributed by atoms with Gasteiger partial charge < -0.3 is 178 Å². The predicted octanol–water partition coefficient (Wildman–Crippen LogP) is 2.92. The van der Waals surface area contributed by atoms with Crippen molar-refractivity contribution in [2.75, 3.05) is 84.6 Å². The number of nitrogens with zero attached hydrogens (tertiary/aromatic N) is 6. The molecule has 0 aromatic heterocycles. The Labute approximate surface area is 333 Å². The van der Waals surface area contributed by atoms with Crippen molar-refractivity contribution in [1.82, 2.24) is 29.4 Å². The molecule has 6 nitrogen and oxygen atoms in total. The van der Waals surface area contributed by atoms with Crippen LogP contribution in [0, 0.1) is 0 Å². The van der Waals surface area contributed by atoms with Gasteiger partial charge in [0.05, 0.1) is 0 Å². The summed E-state index contributed by atoms with van der Waals surface area (Å²) in [5, 5.41) is 0. The number of hydrogen-bond donors (Lipinski definition) is 0. The van der Waals surface area contributed by atoms with E-state index in [1.165, 1.54) is 18.0 Å².